The van der Waals surface area contributed by atoms with Gasteiger partial charge in [-0.05, 0) is 0 Å². The third-order valence-corrected chi connectivity index (χ3v) is 3.40. The molecule has 0 aromatic rings. The molecule has 11 heteroatoms. The van der Waals surface area contributed by atoms with Crippen molar-refractivity contribution in [2.75, 3.05) is 19.8 Å². The van der Waals surface area contributed by atoms with E-state index in [1.807, 2.05) is 0 Å². The molecule has 11 nitrogen and oxygen atoms in total. The Morgan fingerprint density at radius 1 is 1.13 bits per heavy atom. The summed E-state index contributed by atoms with van der Waals surface area (Å²) in [6.07, 6.45) is -8.99. The van der Waals surface area contributed by atoms with Crippen molar-refractivity contribution >= 4 is 0 Å². The molecule has 0 aromatic heterocycles. The monoisotopic (exact) mass is 342 g/mol. The number of hydrogen-bond donors (Lipinski definition) is 9. The molecule has 1 heterocycles. The highest BCUT2D eigenvalue weighted by Gasteiger charge is 2.55. The Labute approximate surface area is 130 Å². The van der Waals surface area contributed by atoms with Crippen LogP contribution in [0.2, 0.25) is 0 Å². The zero-order valence-corrected chi connectivity index (χ0v) is 12.1. The van der Waals surface area contributed by atoms with Gasteiger partial charge in [0.05, 0.1) is 13.2 Å². The molecule has 0 saturated carbocycles. The Morgan fingerprint density at radius 2 is 1.74 bits per heavy atom. The number of ether oxygens (including phenoxy) is 2. The van der Waals surface area contributed by atoms with Gasteiger partial charge in [0.2, 0.25) is 12.1 Å². The van der Waals surface area contributed by atoms with Crippen LogP contribution in [-0.4, -0.2) is 102 Å². The fraction of sp³-hybridized carbons (Fsp3) is 0.833. The molecular formula is C12H22O11. The molecule has 9 N–H and O–H groups in total. The van der Waals surface area contributed by atoms with Gasteiger partial charge in [0.1, 0.15) is 24.4 Å². The predicted octanol–water partition coefficient (Wildman–Crippen LogP) is -3.81. The average molecular weight is 342 g/mol. The van der Waals surface area contributed by atoms with Crippen molar-refractivity contribution in [1.29, 1.82) is 0 Å². The van der Waals surface area contributed by atoms with Crippen molar-refractivity contribution in [3.05, 3.63) is 11.5 Å². The van der Waals surface area contributed by atoms with Gasteiger partial charge < -0.3 is 55.4 Å². The predicted molar refractivity (Wildman–Crippen MR) is 70.9 cm³/mol. The van der Waals surface area contributed by atoms with E-state index in [0.717, 1.165) is 0 Å². The molecule has 0 radical (unpaired) electrons. The lowest BCUT2D eigenvalue weighted by molar-refractivity contribution is -0.248. The summed E-state index contributed by atoms with van der Waals surface area (Å²) >= 11 is 0. The van der Waals surface area contributed by atoms with Gasteiger partial charge in [0, 0.05) is 13.0 Å². The van der Waals surface area contributed by atoms with Crippen LogP contribution in [0, 0.1) is 0 Å². The molecule has 2 unspecified atom stereocenters. The fourth-order valence-electron chi connectivity index (χ4n) is 2.06. The first-order valence-corrected chi connectivity index (χ1v) is 6.76. The minimum atomic E-state index is -2.43. The molecule has 1 aliphatic heterocycles. The van der Waals surface area contributed by atoms with E-state index < -0.39 is 67.8 Å². The third kappa shape index (κ3) is 4.29. The van der Waals surface area contributed by atoms with Crippen molar-refractivity contribution in [3.8, 4) is 0 Å². The van der Waals surface area contributed by atoms with E-state index in [-0.39, 0.29) is 6.42 Å². The van der Waals surface area contributed by atoms with E-state index in [4.69, 9.17) is 24.8 Å². The van der Waals surface area contributed by atoms with Gasteiger partial charge in [-0.15, -0.1) is 0 Å². The Morgan fingerprint density at radius 3 is 2.22 bits per heavy atom. The summed E-state index contributed by atoms with van der Waals surface area (Å²) in [5.41, 5.74) is 0. The summed E-state index contributed by atoms with van der Waals surface area (Å²) in [7, 11) is 0. The molecule has 23 heavy (non-hydrogen) atoms. The van der Waals surface area contributed by atoms with Gasteiger partial charge in [-0.25, -0.2) is 0 Å². The number of aliphatic hydroxyl groups is 9. The van der Waals surface area contributed by atoms with Crippen LogP contribution >= 0.6 is 0 Å². The van der Waals surface area contributed by atoms with Crippen LogP contribution in [0.4, 0.5) is 0 Å². The summed E-state index contributed by atoms with van der Waals surface area (Å²) < 4.78 is 9.67. The molecule has 1 rings (SSSR count). The molecule has 0 aromatic carbocycles. The number of aliphatic hydroxyl groups excluding tert-OH is 8. The van der Waals surface area contributed by atoms with Crippen molar-refractivity contribution in [1.82, 2.24) is 0 Å². The highest BCUT2D eigenvalue weighted by Crippen LogP contribution is 2.32. The van der Waals surface area contributed by atoms with Crippen LogP contribution in [0.25, 0.3) is 0 Å². The second-order valence-electron chi connectivity index (χ2n) is 5.04. The van der Waals surface area contributed by atoms with Gasteiger partial charge in [-0.2, -0.15) is 0 Å². The lowest BCUT2D eigenvalue weighted by Crippen LogP contribution is -2.47. The molecule has 0 aliphatic carbocycles. The minimum Gasteiger partial charge on any atom is -0.506 e. The Balaban J connectivity index is 2.86. The van der Waals surface area contributed by atoms with E-state index in [9.17, 15) is 30.6 Å². The zero-order chi connectivity index (χ0) is 17.8. The van der Waals surface area contributed by atoms with Crippen LogP contribution in [0.3, 0.4) is 0 Å². The van der Waals surface area contributed by atoms with E-state index in [0.29, 0.717) is 0 Å². The molecule has 0 amide bonds. The Bertz CT molecular complexity index is 414. The summed E-state index contributed by atoms with van der Waals surface area (Å²) in [6, 6.07) is 0. The smallest absolute Gasteiger partial charge is 0.219 e. The van der Waals surface area contributed by atoms with Crippen molar-refractivity contribution in [2.24, 2.45) is 0 Å². The molecule has 1 saturated heterocycles. The van der Waals surface area contributed by atoms with E-state index in [1.54, 1.807) is 0 Å². The van der Waals surface area contributed by atoms with Gasteiger partial charge in [-0.1, -0.05) is 0 Å². The van der Waals surface area contributed by atoms with Gasteiger partial charge >= 0.3 is 0 Å². The maximum atomic E-state index is 9.85. The summed E-state index contributed by atoms with van der Waals surface area (Å²) in [4.78, 5) is 0. The van der Waals surface area contributed by atoms with Gasteiger partial charge in [-0.3, -0.25) is 0 Å². The van der Waals surface area contributed by atoms with Crippen LogP contribution in [0.15, 0.2) is 11.5 Å². The number of rotatable bonds is 8. The van der Waals surface area contributed by atoms with E-state index in [1.165, 1.54) is 0 Å². The molecule has 1 aliphatic rings. The molecular weight excluding hydrogens is 320 g/mol. The van der Waals surface area contributed by atoms with Crippen molar-refractivity contribution in [2.45, 2.75) is 42.9 Å². The minimum absolute atomic E-state index is 0.318. The second kappa shape index (κ2) is 8.19. The molecule has 1 fully saturated rings. The highest BCUT2D eigenvalue weighted by atomic mass is 16.7. The highest BCUT2D eigenvalue weighted by molar-refractivity contribution is 5.07. The molecule has 0 spiro atoms. The second-order valence-corrected chi connectivity index (χ2v) is 5.04. The average Bonchev–Trinajstić information content (AvgIpc) is 2.78. The quantitative estimate of drug-likeness (QED) is 0.155. The molecule has 6 atom stereocenters. The van der Waals surface area contributed by atoms with Crippen LogP contribution in [0.1, 0.15) is 6.42 Å². The first-order chi connectivity index (χ1) is 10.7. The lowest BCUT2D eigenvalue weighted by atomic mass is 10.1. The largest absolute Gasteiger partial charge is 0.506 e. The summed E-state index contributed by atoms with van der Waals surface area (Å²) in [5, 5.41) is 84.5. The Kier molecular flexibility index (Phi) is 7.13. The molecule has 0 bridgehead atoms. The van der Waals surface area contributed by atoms with Crippen molar-refractivity contribution in [3.63, 3.8) is 0 Å². The normalized spacial score (nSPS) is 35.0. The Hall–Kier alpha value is -1.02. The van der Waals surface area contributed by atoms with Crippen molar-refractivity contribution < 1.29 is 55.4 Å². The molecule has 136 valence electrons. The van der Waals surface area contributed by atoms with Gasteiger partial charge in [0.15, 0.2) is 11.5 Å². The fourth-order valence-corrected chi connectivity index (χ4v) is 2.06. The summed E-state index contributed by atoms with van der Waals surface area (Å²) in [5.74, 6) is -4.68. The third-order valence-electron chi connectivity index (χ3n) is 3.40. The maximum absolute atomic E-state index is 9.85. The van der Waals surface area contributed by atoms with Crippen LogP contribution in [-0.2, 0) is 9.47 Å². The SMILES string of the molecule is OCC[C@H](O)/C(O)=C(/O)[C@@H](O)OC1C(O)[C@@](O)(CO)O[C@@H]1CO. The standard InChI is InChI=1S/C12H22O11/c13-2-1-5(16)7(17)8(18)11(20)22-9-6(3-14)23-12(21,4-15)10(9)19/h5-6,9-11,13-21H,1-4H2/b8-7-/t5-,6+,9?,10?,11-,12+/m0/s1. The number of hydrogen-bond acceptors (Lipinski definition) is 11. The maximum Gasteiger partial charge on any atom is 0.219 e. The van der Waals surface area contributed by atoms with Gasteiger partial charge in [0.25, 0.3) is 0 Å². The lowest BCUT2D eigenvalue weighted by Gasteiger charge is -2.25. The van der Waals surface area contributed by atoms with E-state index in [2.05, 4.69) is 0 Å². The van der Waals surface area contributed by atoms with Crippen LogP contribution < -0.4 is 0 Å². The zero-order valence-electron chi connectivity index (χ0n) is 12.1. The van der Waals surface area contributed by atoms with E-state index >= 15 is 0 Å². The first kappa shape index (κ1) is 20.0. The first-order valence-electron chi connectivity index (χ1n) is 6.76. The van der Waals surface area contributed by atoms with Crippen LogP contribution in [0.5, 0.6) is 0 Å². The topological polar surface area (TPSA) is 201 Å². The summed E-state index contributed by atoms with van der Waals surface area (Å²) in [6.45, 7) is -2.27.